The molecule has 3 aromatic rings. The molecule has 0 aliphatic heterocycles. The molecule has 0 aliphatic carbocycles. The van der Waals surface area contributed by atoms with Crippen LogP contribution < -0.4 is 4.74 Å². The molecule has 1 heterocycles. The van der Waals surface area contributed by atoms with Crippen LogP contribution in [0.4, 0.5) is 0 Å². The van der Waals surface area contributed by atoms with E-state index in [0.717, 1.165) is 22.5 Å². The van der Waals surface area contributed by atoms with Crippen molar-refractivity contribution in [3.63, 3.8) is 0 Å². The monoisotopic (exact) mass is 351 g/mol. The van der Waals surface area contributed by atoms with Crippen LogP contribution in [0, 0.1) is 0 Å². The van der Waals surface area contributed by atoms with Crippen molar-refractivity contribution in [2.75, 3.05) is 0 Å². The molecular weight excluding hydrogens is 330 g/mol. The number of para-hydroxylation sites is 1. The predicted octanol–water partition coefficient (Wildman–Crippen LogP) is 4.90. The van der Waals surface area contributed by atoms with Gasteiger partial charge in [0.15, 0.2) is 17.1 Å². The molecule has 0 N–H and O–H groups in total. The maximum Gasteiger partial charge on any atom is 0.191 e. The van der Waals surface area contributed by atoms with Crippen LogP contribution in [0.15, 0.2) is 78.5 Å². The van der Waals surface area contributed by atoms with Crippen LogP contribution in [0.5, 0.6) is 5.75 Å². The number of ether oxygens (including phenoxy) is 1. The molecule has 2 aromatic carbocycles. The number of aromatic nitrogens is 3. The molecule has 0 bridgehead atoms. The van der Waals surface area contributed by atoms with E-state index in [1.807, 2.05) is 61.5 Å². The minimum absolute atomic E-state index is 0.194. The maximum atomic E-state index is 6.00. The summed E-state index contributed by atoms with van der Waals surface area (Å²) >= 11 is 1.67. The fraction of sp³-hybridized carbons (Fsp3) is 0.200. The summed E-state index contributed by atoms with van der Waals surface area (Å²) in [5.74, 6) is 2.48. The van der Waals surface area contributed by atoms with Crippen LogP contribution in [0.25, 0.3) is 0 Å². The van der Waals surface area contributed by atoms with E-state index in [9.17, 15) is 0 Å². The first-order chi connectivity index (χ1) is 12.3. The van der Waals surface area contributed by atoms with Gasteiger partial charge in [0.25, 0.3) is 0 Å². The van der Waals surface area contributed by atoms with Crippen LogP contribution in [-0.2, 0) is 12.3 Å². The molecule has 0 fully saturated rings. The Kier molecular flexibility index (Phi) is 5.90. The average Bonchev–Trinajstić information content (AvgIpc) is 3.05. The topological polar surface area (TPSA) is 39.9 Å². The minimum atomic E-state index is -0.194. The van der Waals surface area contributed by atoms with Crippen molar-refractivity contribution in [2.45, 2.75) is 30.5 Å². The number of hydrogen-bond donors (Lipinski definition) is 0. The van der Waals surface area contributed by atoms with Gasteiger partial charge in [-0.3, -0.25) is 4.57 Å². The van der Waals surface area contributed by atoms with Crippen molar-refractivity contribution in [3.8, 4) is 5.75 Å². The molecule has 25 heavy (non-hydrogen) atoms. The van der Waals surface area contributed by atoms with E-state index >= 15 is 0 Å². The van der Waals surface area contributed by atoms with Crippen molar-refractivity contribution < 1.29 is 4.74 Å². The summed E-state index contributed by atoms with van der Waals surface area (Å²) in [4.78, 5) is 0. The first kappa shape index (κ1) is 17.3. The smallest absolute Gasteiger partial charge is 0.191 e. The molecular formula is C20H21N3OS. The molecule has 3 rings (SSSR count). The highest BCUT2D eigenvalue weighted by molar-refractivity contribution is 7.98. The van der Waals surface area contributed by atoms with E-state index in [1.165, 1.54) is 5.56 Å². The Labute approximate surface area is 152 Å². The second-order valence-electron chi connectivity index (χ2n) is 5.59. The van der Waals surface area contributed by atoms with Crippen LogP contribution in [-0.4, -0.2) is 14.8 Å². The zero-order chi connectivity index (χ0) is 17.5. The van der Waals surface area contributed by atoms with E-state index in [4.69, 9.17) is 4.74 Å². The number of benzene rings is 2. The molecule has 128 valence electrons. The number of thioether (sulfide) groups is 1. The van der Waals surface area contributed by atoms with Gasteiger partial charge >= 0.3 is 0 Å². The van der Waals surface area contributed by atoms with Crippen molar-refractivity contribution >= 4 is 11.8 Å². The third-order valence-electron chi connectivity index (χ3n) is 3.69. The lowest BCUT2D eigenvalue weighted by Gasteiger charge is -2.15. The molecule has 1 atom stereocenters. The van der Waals surface area contributed by atoms with E-state index in [0.29, 0.717) is 6.54 Å². The summed E-state index contributed by atoms with van der Waals surface area (Å²) in [5, 5.41) is 9.60. The molecule has 5 heteroatoms. The summed E-state index contributed by atoms with van der Waals surface area (Å²) in [6.45, 7) is 6.50. The van der Waals surface area contributed by atoms with Gasteiger partial charge in [0.05, 0.1) is 0 Å². The van der Waals surface area contributed by atoms with Gasteiger partial charge in [-0.15, -0.1) is 16.8 Å². The number of rotatable bonds is 8. The summed E-state index contributed by atoms with van der Waals surface area (Å²) in [7, 11) is 0. The van der Waals surface area contributed by atoms with E-state index in [-0.39, 0.29) is 6.10 Å². The number of allylic oxidation sites excluding steroid dienone is 1. The molecule has 0 saturated carbocycles. The lowest BCUT2D eigenvalue weighted by atomic mass is 10.2. The van der Waals surface area contributed by atoms with Gasteiger partial charge in [-0.2, -0.15) is 0 Å². The minimum Gasteiger partial charge on any atom is -0.483 e. The van der Waals surface area contributed by atoms with Crippen molar-refractivity contribution in [3.05, 3.63) is 84.7 Å². The number of nitrogens with zero attached hydrogens (tertiary/aromatic N) is 3. The largest absolute Gasteiger partial charge is 0.483 e. The molecule has 0 unspecified atom stereocenters. The zero-order valence-corrected chi connectivity index (χ0v) is 15.0. The second kappa shape index (κ2) is 8.53. The fourth-order valence-corrected chi connectivity index (χ4v) is 3.40. The first-order valence-electron chi connectivity index (χ1n) is 8.20. The van der Waals surface area contributed by atoms with E-state index < -0.39 is 0 Å². The predicted molar refractivity (Wildman–Crippen MR) is 102 cm³/mol. The Bertz CT molecular complexity index is 802. The molecule has 4 nitrogen and oxygen atoms in total. The van der Waals surface area contributed by atoms with Gasteiger partial charge in [-0.25, -0.2) is 0 Å². The highest BCUT2D eigenvalue weighted by atomic mass is 32.2. The quantitative estimate of drug-likeness (QED) is 0.428. The Morgan fingerprint density at radius 3 is 2.44 bits per heavy atom. The maximum absolute atomic E-state index is 6.00. The Morgan fingerprint density at radius 2 is 1.76 bits per heavy atom. The summed E-state index contributed by atoms with van der Waals surface area (Å²) < 4.78 is 8.06. The van der Waals surface area contributed by atoms with Gasteiger partial charge in [-0.1, -0.05) is 66.4 Å². The van der Waals surface area contributed by atoms with Gasteiger partial charge in [-0.05, 0) is 24.6 Å². The highest BCUT2D eigenvalue weighted by Gasteiger charge is 2.19. The van der Waals surface area contributed by atoms with Gasteiger partial charge in [0.1, 0.15) is 5.75 Å². The molecule has 0 amide bonds. The standard InChI is InChI=1S/C20H21N3OS/c1-3-14-23-19(16(2)24-18-12-8-5-9-13-18)21-22-20(23)25-15-17-10-6-4-7-11-17/h3-13,16H,1,14-15H2,2H3/t16-/m0/s1. The summed E-state index contributed by atoms with van der Waals surface area (Å²) in [6, 6.07) is 20.1. The van der Waals surface area contributed by atoms with Crippen molar-refractivity contribution in [1.82, 2.24) is 14.8 Å². The third-order valence-corrected chi connectivity index (χ3v) is 4.73. The third kappa shape index (κ3) is 4.51. The van der Waals surface area contributed by atoms with E-state index in [1.54, 1.807) is 11.8 Å². The second-order valence-corrected chi connectivity index (χ2v) is 6.53. The lowest BCUT2D eigenvalue weighted by molar-refractivity contribution is 0.210. The highest BCUT2D eigenvalue weighted by Crippen LogP contribution is 2.26. The lowest BCUT2D eigenvalue weighted by Crippen LogP contribution is -2.12. The SMILES string of the molecule is C=CCn1c(SCc2ccccc2)nnc1[C@H](C)Oc1ccccc1. The molecule has 0 saturated heterocycles. The van der Waals surface area contributed by atoms with Gasteiger partial charge in [0, 0.05) is 12.3 Å². The summed E-state index contributed by atoms with van der Waals surface area (Å²) in [5.41, 5.74) is 1.26. The first-order valence-corrected chi connectivity index (χ1v) is 9.19. The number of hydrogen-bond acceptors (Lipinski definition) is 4. The van der Waals surface area contributed by atoms with E-state index in [2.05, 4.69) is 33.5 Å². The van der Waals surface area contributed by atoms with Gasteiger partial charge < -0.3 is 4.74 Å². The van der Waals surface area contributed by atoms with Crippen molar-refractivity contribution in [1.29, 1.82) is 0 Å². The Morgan fingerprint density at radius 1 is 1.08 bits per heavy atom. The van der Waals surface area contributed by atoms with Crippen LogP contribution >= 0.6 is 11.8 Å². The molecule has 1 aromatic heterocycles. The molecule has 0 aliphatic rings. The van der Waals surface area contributed by atoms with Crippen LogP contribution in [0.1, 0.15) is 24.4 Å². The normalized spacial score (nSPS) is 11.9. The average molecular weight is 351 g/mol. The zero-order valence-electron chi connectivity index (χ0n) is 14.2. The fourth-order valence-electron chi connectivity index (χ4n) is 2.49. The van der Waals surface area contributed by atoms with Crippen molar-refractivity contribution in [2.24, 2.45) is 0 Å². The molecule has 0 radical (unpaired) electrons. The summed E-state index contributed by atoms with van der Waals surface area (Å²) in [6.07, 6.45) is 1.66. The van der Waals surface area contributed by atoms with Gasteiger partial charge in [0.2, 0.25) is 0 Å². The Hall–Kier alpha value is -2.53. The van der Waals surface area contributed by atoms with Crippen LogP contribution in [0.3, 0.4) is 0 Å². The van der Waals surface area contributed by atoms with Crippen LogP contribution in [0.2, 0.25) is 0 Å². The molecule has 0 spiro atoms. The Balaban J connectivity index is 1.75.